The summed E-state index contributed by atoms with van der Waals surface area (Å²) in [7, 11) is 2.05. The predicted molar refractivity (Wildman–Crippen MR) is 90.8 cm³/mol. The van der Waals surface area contributed by atoms with E-state index in [1.165, 1.54) is 16.7 Å². The summed E-state index contributed by atoms with van der Waals surface area (Å²) < 4.78 is 0. The van der Waals surface area contributed by atoms with Crippen molar-refractivity contribution >= 4 is 5.82 Å². The van der Waals surface area contributed by atoms with Crippen molar-refractivity contribution in [3.63, 3.8) is 0 Å². The van der Waals surface area contributed by atoms with Crippen LogP contribution < -0.4 is 4.90 Å². The minimum Gasteiger partial charge on any atom is -0.354 e. The third-order valence-corrected chi connectivity index (χ3v) is 3.68. The van der Waals surface area contributed by atoms with Gasteiger partial charge in [-0.3, -0.25) is 0 Å². The van der Waals surface area contributed by atoms with Crippen LogP contribution in [0.5, 0.6) is 0 Å². The van der Waals surface area contributed by atoms with E-state index >= 15 is 0 Å². The molecule has 1 heterocycles. The Morgan fingerprint density at radius 2 is 1.68 bits per heavy atom. The van der Waals surface area contributed by atoms with Gasteiger partial charge in [0.1, 0.15) is 0 Å². The summed E-state index contributed by atoms with van der Waals surface area (Å²) in [6.07, 6.45) is 1.77. The lowest BCUT2D eigenvalue weighted by Gasteiger charge is -2.20. The molecule has 110 valence electrons. The molecule has 1 aromatic heterocycles. The summed E-state index contributed by atoms with van der Waals surface area (Å²) in [6.45, 7) is 2.83. The fourth-order valence-electron chi connectivity index (χ4n) is 2.53. The van der Waals surface area contributed by atoms with Crippen LogP contribution in [0.4, 0.5) is 5.82 Å². The molecule has 0 spiro atoms. The second-order valence-corrected chi connectivity index (χ2v) is 5.47. The topological polar surface area (TPSA) is 29.0 Å². The highest BCUT2D eigenvalue weighted by molar-refractivity contribution is 5.67. The normalized spacial score (nSPS) is 10.5. The van der Waals surface area contributed by atoms with Crippen molar-refractivity contribution in [2.75, 3.05) is 11.9 Å². The Morgan fingerprint density at radius 3 is 2.45 bits per heavy atom. The molecule has 2 aromatic carbocycles. The summed E-state index contributed by atoms with van der Waals surface area (Å²) in [5, 5.41) is 8.25. The molecule has 0 radical (unpaired) electrons. The lowest BCUT2D eigenvalue weighted by Crippen LogP contribution is -2.18. The summed E-state index contributed by atoms with van der Waals surface area (Å²) in [5.41, 5.74) is 4.89. The monoisotopic (exact) mass is 289 g/mol. The SMILES string of the molecule is Cc1cnnc(N(C)Cc2ccccc2-c2ccccc2)c1. The standard InChI is InChI=1S/C19H19N3/c1-15-12-19(21-20-13-15)22(2)14-17-10-6-7-11-18(17)16-8-4-3-5-9-16/h3-13H,14H2,1-2H3. The second kappa shape index (κ2) is 6.39. The predicted octanol–water partition coefficient (Wildman–Crippen LogP) is 4.09. The lowest BCUT2D eigenvalue weighted by atomic mass is 9.99. The molecule has 0 bridgehead atoms. The maximum atomic E-state index is 4.21. The van der Waals surface area contributed by atoms with Gasteiger partial charge in [-0.2, -0.15) is 5.10 Å². The van der Waals surface area contributed by atoms with Gasteiger partial charge < -0.3 is 4.90 Å². The number of aryl methyl sites for hydroxylation is 1. The summed E-state index contributed by atoms with van der Waals surface area (Å²) >= 11 is 0. The molecule has 0 saturated heterocycles. The van der Waals surface area contributed by atoms with Crippen LogP contribution in [0.2, 0.25) is 0 Å². The summed E-state index contributed by atoms with van der Waals surface area (Å²) in [6, 6.07) is 21.0. The number of rotatable bonds is 4. The summed E-state index contributed by atoms with van der Waals surface area (Å²) in [4.78, 5) is 2.13. The van der Waals surface area contributed by atoms with Gasteiger partial charge in [0.15, 0.2) is 5.82 Å². The highest BCUT2D eigenvalue weighted by Crippen LogP contribution is 2.25. The molecular weight excluding hydrogens is 270 g/mol. The molecule has 0 atom stereocenters. The smallest absolute Gasteiger partial charge is 0.151 e. The molecule has 0 aliphatic heterocycles. The van der Waals surface area contributed by atoms with Crippen LogP contribution in [0.25, 0.3) is 11.1 Å². The van der Waals surface area contributed by atoms with Crippen LogP contribution in [0, 0.1) is 6.92 Å². The van der Waals surface area contributed by atoms with E-state index in [4.69, 9.17) is 0 Å². The maximum absolute atomic E-state index is 4.21. The van der Waals surface area contributed by atoms with E-state index < -0.39 is 0 Å². The van der Waals surface area contributed by atoms with Crippen LogP contribution in [-0.4, -0.2) is 17.2 Å². The van der Waals surface area contributed by atoms with Crippen molar-refractivity contribution in [1.29, 1.82) is 0 Å². The number of hydrogen-bond acceptors (Lipinski definition) is 3. The molecular formula is C19H19N3. The number of nitrogens with zero attached hydrogens (tertiary/aromatic N) is 3. The maximum Gasteiger partial charge on any atom is 0.151 e. The van der Waals surface area contributed by atoms with Gasteiger partial charge >= 0.3 is 0 Å². The van der Waals surface area contributed by atoms with Crippen molar-refractivity contribution in [2.24, 2.45) is 0 Å². The van der Waals surface area contributed by atoms with Crippen LogP contribution in [-0.2, 0) is 6.54 Å². The fraction of sp³-hybridized carbons (Fsp3) is 0.158. The van der Waals surface area contributed by atoms with Crippen molar-refractivity contribution in [3.8, 4) is 11.1 Å². The van der Waals surface area contributed by atoms with Crippen LogP contribution in [0.3, 0.4) is 0 Å². The largest absolute Gasteiger partial charge is 0.354 e. The zero-order chi connectivity index (χ0) is 15.4. The van der Waals surface area contributed by atoms with E-state index in [0.717, 1.165) is 17.9 Å². The van der Waals surface area contributed by atoms with Crippen molar-refractivity contribution in [1.82, 2.24) is 10.2 Å². The number of aromatic nitrogens is 2. The Kier molecular flexibility index (Phi) is 4.15. The first-order valence-corrected chi connectivity index (χ1v) is 7.38. The van der Waals surface area contributed by atoms with Gasteiger partial charge in [0.05, 0.1) is 6.20 Å². The van der Waals surface area contributed by atoms with Gasteiger partial charge in [-0.25, -0.2) is 0 Å². The Morgan fingerprint density at radius 1 is 0.955 bits per heavy atom. The van der Waals surface area contributed by atoms with Gasteiger partial charge in [0.25, 0.3) is 0 Å². The molecule has 3 rings (SSSR count). The van der Waals surface area contributed by atoms with Gasteiger partial charge in [-0.15, -0.1) is 5.10 Å². The Hall–Kier alpha value is -2.68. The van der Waals surface area contributed by atoms with E-state index in [9.17, 15) is 0 Å². The molecule has 3 heteroatoms. The molecule has 3 aromatic rings. The first kappa shape index (κ1) is 14.3. The van der Waals surface area contributed by atoms with Gasteiger partial charge in [0.2, 0.25) is 0 Å². The molecule has 22 heavy (non-hydrogen) atoms. The first-order valence-electron chi connectivity index (χ1n) is 7.38. The number of benzene rings is 2. The zero-order valence-electron chi connectivity index (χ0n) is 12.9. The van der Waals surface area contributed by atoms with Crippen molar-refractivity contribution < 1.29 is 0 Å². The van der Waals surface area contributed by atoms with E-state index in [1.54, 1.807) is 6.20 Å². The first-order chi connectivity index (χ1) is 10.7. The minimum absolute atomic E-state index is 0.795. The number of hydrogen-bond donors (Lipinski definition) is 0. The van der Waals surface area contributed by atoms with Crippen molar-refractivity contribution in [2.45, 2.75) is 13.5 Å². The van der Waals surface area contributed by atoms with E-state index in [0.29, 0.717) is 0 Å². The van der Waals surface area contributed by atoms with E-state index in [1.807, 2.05) is 20.0 Å². The lowest BCUT2D eigenvalue weighted by molar-refractivity contribution is 0.863. The van der Waals surface area contributed by atoms with E-state index in [2.05, 4.69) is 69.7 Å². The van der Waals surface area contributed by atoms with Crippen molar-refractivity contribution in [3.05, 3.63) is 78.0 Å². The molecule has 3 nitrogen and oxygen atoms in total. The molecule has 0 aliphatic carbocycles. The minimum atomic E-state index is 0.795. The molecule has 0 unspecified atom stereocenters. The van der Waals surface area contributed by atoms with Gasteiger partial charge in [-0.05, 0) is 35.2 Å². The Bertz CT molecular complexity index is 753. The molecule has 0 aliphatic rings. The van der Waals surface area contributed by atoms with E-state index in [-0.39, 0.29) is 0 Å². The fourth-order valence-corrected chi connectivity index (χ4v) is 2.53. The van der Waals surface area contributed by atoms with Crippen LogP contribution >= 0.6 is 0 Å². The second-order valence-electron chi connectivity index (χ2n) is 5.47. The number of anilines is 1. The third kappa shape index (κ3) is 3.14. The average molecular weight is 289 g/mol. The third-order valence-electron chi connectivity index (χ3n) is 3.68. The van der Waals surface area contributed by atoms with Gasteiger partial charge in [-0.1, -0.05) is 54.6 Å². The molecule has 0 fully saturated rings. The average Bonchev–Trinajstić information content (AvgIpc) is 2.56. The van der Waals surface area contributed by atoms with Gasteiger partial charge in [0, 0.05) is 13.6 Å². The highest BCUT2D eigenvalue weighted by Gasteiger charge is 2.09. The highest BCUT2D eigenvalue weighted by atomic mass is 15.2. The molecule has 0 N–H and O–H groups in total. The molecule has 0 amide bonds. The Labute approximate surface area is 131 Å². The van der Waals surface area contributed by atoms with Crippen LogP contribution in [0.15, 0.2) is 66.9 Å². The zero-order valence-corrected chi connectivity index (χ0v) is 12.9. The van der Waals surface area contributed by atoms with Crippen LogP contribution in [0.1, 0.15) is 11.1 Å². The Balaban J connectivity index is 1.90. The quantitative estimate of drug-likeness (QED) is 0.724. The summed E-state index contributed by atoms with van der Waals surface area (Å²) in [5.74, 6) is 0.892. The molecule has 0 saturated carbocycles.